The zero-order valence-corrected chi connectivity index (χ0v) is 19.0. The summed E-state index contributed by atoms with van der Waals surface area (Å²) in [6, 6.07) is 20.6. The van der Waals surface area contributed by atoms with Crippen LogP contribution in [0.1, 0.15) is 22.3 Å². The maximum atomic E-state index is 13.9. The van der Waals surface area contributed by atoms with Gasteiger partial charge in [0, 0.05) is 18.7 Å². The Kier molecular flexibility index (Phi) is 5.86. The van der Waals surface area contributed by atoms with Crippen molar-refractivity contribution >= 4 is 43.7 Å². The topological polar surface area (TPSA) is 95.6 Å². The number of carboxylic acid groups (broad SMARTS) is 1. The summed E-state index contributed by atoms with van der Waals surface area (Å²) in [6.07, 6.45) is -0.507. The van der Waals surface area contributed by atoms with Gasteiger partial charge in [-0.3, -0.25) is 9.59 Å². The summed E-state index contributed by atoms with van der Waals surface area (Å²) in [6.45, 7) is 1.35. The van der Waals surface area contributed by atoms with E-state index in [1.54, 1.807) is 36.4 Å². The number of aryl methyl sites for hydroxylation is 2. The number of aromatic nitrogens is 1. The first-order chi connectivity index (χ1) is 15.7. The van der Waals surface area contributed by atoms with E-state index in [0.29, 0.717) is 15.1 Å². The Bertz CT molecular complexity index is 1440. The summed E-state index contributed by atoms with van der Waals surface area (Å²) in [5.41, 5.74) is 2.60. The first-order valence-corrected chi connectivity index (χ1v) is 11.8. The Morgan fingerprint density at radius 3 is 1.91 bits per heavy atom. The number of nitrogens with zero attached hydrogens (tertiary/aromatic N) is 2. The van der Waals surface area contributed by atoms with Gasteiger partial charge < -0.3 is 5.11 Å². The summed E-state index contributed by atoms with van der Waals surface area (Å²) in [4.78, 5) is 25.2. The van der Waals surface area contributed by atoms with E-state index in [-0.39, 0.29) is 10.5 Å². The fourth-order valence-corrected chi connectivity index (χ4v) is 5.33. The van der Waals surface area contributed by atoms with E-state index in [2.05, 4.69) is 0 Å². The van der Waals surface area contributed by atoms with Crippen molar-refractivity contribution in [1.82, 2.24) is 4.31 Å². The average Bonchev–Trinajstić information content (AvgIpc) is 2.79. The minimum absolute atomic E-state index is 0.0677. The van der Waals surface area contributed by atoms with E-state index >= 15 is 0 Å². The molecule has 0 saturated carbocycles. The number of sulfonamides is 1. The molecule has 0 fully saturated rings. The molecule has 1 N–H and O–H groups in total. The SMILES string of the molecule is Cc1ccc(S(=O)(=O)N(CCC(=O)O)C(=O)c2c3ccccc3[n+](C)c3ccccc23)cc1. The van der Waals surface area contributed by atoms with E-state index in [1.807, 2.05) is 42.8 Å². The van der Waals surface area contributed by atoms with Crippen molar-refractivity contribution in [2.24, 2.45) is 7.05 Å². The number of carboxylic acids is 1. The molecule has 0 aliphatic rings. The third-order valence-corrected chi connectivity index (χ3v) is 7.44. The number of amides is 1. The summed E-state index contributed by atoms with van der Waals surface area (Å²) in [7, 11) is -2.42. The molecule has 0 aliphatic carbocycles. The molecule has 1 amide bonds. The summed E-state index contributed by atoms with van der Waals surface area (Å²) in [5, 5.41) is 10.4. The Balaban J connectivity index is 1.97. The van der Waals surface area contributed by atoms with Crippen molar-refractivity contribution in [3.05, 3.63) is 83.9 Å². The first-order valence-electron chi connectivity index (χ1n) is 10.4. The fraction of sp³-hybridized carbons (Fsp3) is 0.160. The van der Waals surface area contributed by atoms with E-state index in [4.69, 9.17) is 0 Å². The van der Waals surface area contributed by atoms with Gasteiger partial charge in [0.15, 0.2) is 0 Å². The molecule has 4 rings (SSSR count). The van der Waals surface area contributed by atoms with Crippen molar-refractivity contribution in [3.63, 3.8) is 0 Å². The molecule has 3 aromatic carbocycles. The van der Waals surface area contributed by atoms with E-state index in [9.17, 15) is 23.1 Å². The van der Waals surface area contributed by atoms with Crippen LogP contribution >= 0.6 is 0 Å². The Hall–Kier alpha value is -3.78. The van der Waals surface area contributed by atoms with Gasteiger partial charge in [-0.25, -0.2) is 12.7 Å². The van der Waals surface area contributed by atoms with Gasteiger partial charge in [0.25, 0.3) is 15.9 Å². The molecule has 7 nitrogen and oxygen atoms in total. The van der Waals surface area contributed by atoms with Crippen molar-refractivity contribution in [2.75, 3.05) is 6.54 Å². The number of fused-ring (bicyclic) bond motifs is 2. The number of carbonyl (C=O) groups is 2. The molecule has 0 spiro atoms. The third kappa shape index (κ3) is 4.05. The molecule has 0 radical (unpaired) electrons. The quantitative estimate of drug-likeness (QED) is 0.349. The van der Waals surface area contributed by atoms with Crippen LogP contribution in [0.25, 0.3) is 21.8 Å². The molecule has 4 aromatic rings. The maximum Gasteiger partial charge on any atom is 0.305 e. The minimum atomic E-state index is -4.29. The second-order valence-electron chi connectivity index (χ2n) is 7.81. The average molecular weight is 464 g/mol. The van der Waals surface area contributed by atoms with Crippen LogP contribution in [0.4, 0.5) is 0 Å². The minimum Gasteiger partial charge on any atom is -0.481 e. The number of hydrogen-bond acceptors (Lipinski definition) is 4. The molecule has 0 bridgehead atoms. The zero-order chi connectivity index (χ0) is 23.8. The standard InChI is InChI=1S/C25H22N2O5S/c1-17-11-13-18(14-12-17)33(31,32)27(16-15-23(28)29)25(30)24-19-7-3-5-9-21(19)26(2)22-10-6-4-8-20(22)24/h3-14H,15-16H2,1-2H3/p+1. The second kappa shape index (κ2) is 8.63. The van der Waals surface area contributed by atoms with Gasteiger partial charge in [0.2, 0.25) is 11.0 Å². The van der Waals surface area contributed by atoms with Gasteiger partial charge in [-0.15, -0.1) is 0 Å². The van der Waals surface area contributed by atoms with Crippen LogP contribution in [0.2, 0.25) is 0 Å². The molecule has 0 aliphatic heterocycles. The highest BCUT2D eigenvalue weighted by Gasteiger charge is 2.34. The fourth-order valence-electron chi connectivity index (χ4n) is 3.95. The number of hydrogen-bond donors (Lipinski definition) is 1. The van der Waals surface area contributed by atoms with Gasteiger partial charge in [-0.1, -0.05) is 42.0 Å². The van der Waals surface area contributed by atoms with Crippen LogP contribution in [0, 0.1) is 6.92 Å². The number of aliphatic carboxylic acids is 1. The number of para-hydroxylation sites is 2. The predicted molar refractivity (Wildman–Crippen MR) is 124 cm³/mol. The molecular weight excluding hydrogens is 440 g/mol. The number of carbonyl (C=O) groups excluding carboxylic acids is 1. The highest BCUT2D eigenvalue weighted by molar-refractivity contribution is 7.89. The van der Waals surface area contributed by atoms with Crippen molar-refractivity contribution in [2.45, 2.75) is 18.2 Å². The molecule has 1 aromatic heterocycles. The molecule has 33 heavy (non-hydrogen) atoms. The second-order valence-corrected chi connectivity index (χ2v) is 9.67. The lowest BCUT2D eigenvalue weighted by atomic mass is 10.0. The van der Waals surface area contributed by atoms with Crippen LogP contribution < -0.4 is 4.57 Å². The lowest BCUT2D eigenvalue weighted by Crippen LogP contribution is -2.39. The molecule has 1 heterocycles. The number of pyridine rings is 1. The molecule has 8 heteroatoms. The molecule has 0 unspecified atom stereocenters. The van der Waals surface area contributed by atoms with E-state index in [0.717, 1.165) is 16.6 Å². The van der Waals surface area contributed by atoms with Crippen LogP contribution in [0.15, 0.2) is 77.7 Å². The molecule has 168 valence electrons. The van der Waals surface area contributed by atoms with Crippen LogP contribution in [0.3, 0.4) is 0 Å². The van der Waals surface area contributed by atoms with Gasteiger partial charge in [-0.05, 0) is 31.2 Å². The van der Waals surface area contributed by atoms with Crippen molar-refractivity contribution in [3.8, 4) is 0 Å². The van der Waals surface area contributed by atoms with Gasteiger partial charge in [0.1, 0.15) is 7.05 Å². The zero-order valence-electron chi connectivity index (χ0n) is 18.2. The molecular formula is C25H23N2O5S+. The Labute approximate surface area is 191 Å². The molecule has 0 atom stereocenters. The van der Waals surface area contributed by atoms with Crippen LogP contribution in [-0.2, 0) is 21.9 Å². The Morgan fingerprint density at radius 2 is 1.39 bits per heavy atom. The highest BCUT2D eigenvalue weighted by Crippen LogP contribution is 2.28. The van der Waals surface area contributed by atoms with Crippen LogP contribution in [0.5, 0.6) is 0 Å². The predicted octanol–water partition coefficient (Wildman–Crippen LogP) is 3.43. The van der Waals surface area contributed by atoms with Crippen LogP contribution in [-0.4, -0.2) is 36.3 Å². The normalized spacial score (nSPS) is 11.6. The first kappa shape index (κ1) is 22.4. The van der Waals surface area contributed by atoms with Gasteiger partial charge in [0.05, 0.1) is 27.7 Å². The molecule has 0 saturated heterocycles. The van der Waals surface area contributed by atoms with Gasteiger partial charge >= 0.3 is 5.97 Å². The number of benzene rings is 3. The lowest BCUT2D eigenvalue weighted by molar-refractivity contribution is -0.617. The Morgan fingerprint density at radius 1 is 0.879 bits per heavy atom. The van der Waals surface area contributed by atoms with Crippen molar-refractivity contribution < 1.29 is 27.7 Å². The van der Waals surface area contributed by atoms with Crippen molar-refractivity contribution in [1.29, 1.82) is 0 Å². The monoisotopic (exact) mass is 463 g/mol. The summed E-state index contributed by atoms with van der Waals surface area (Å²) < 4.78 is 29.7. The summed E-state index contributed by atoms with van der Waals surface area (Å²) >= 11 is 0. The van der Waals surface area contributed by atoms with E-state index < -0.39 is 34.9 Å². The summed E-state index contributed by atoms with van der Waals surface area (Å²) in [5.74, 6) is -1.95. The largest absolute Gasteiger partial charge is 0.481 e. The maximum absolute atomic E-state index is 13.9. The van der Waals surface area contributed by atoms with E-state index in [1.165, 1.54) is 12.1 Å². The number of rotatable bonds is 6. The highest BCUT2D eigenvalue weighted by atomic mass is 32.2. The lowest BCUT2D eigenvalue weighted by Gasteiger charge is -2.23. The smallest absolute Gasteiger partial charge is 0.305 e. The van der Waals surface area contributed by atoms with Gasteiger partial charge in [-0.2, -0.15) is 4.57 Å². The third-order valence-electron chi connectivity index (χ3n) is 5.65.